The van der Waals surface area contributed by atoms with Crippen LogP contribution in [0.3, 0.4) is 0 Å². The Balaban J connectivity index is 1.73. The van der Waals surface area contributed by atoms with Crippen molar-refractivity contribution in [3.05, 3.63) is 29.8 Å². The number of carbonyl (C=O) groups is 2. The zero-order valence-electron chi connectivity index (χ0n) is 15.5. The summed E-state index contributed by atoms with van der Waals surface area (Å²) in [7, 11) is 1.85. The van der Waals surface area contributed by atoms with E-state index >= 15 is 0 Å². The van der Waals surface area contributed by atoms with Gasteiger partial charge in [-0.2, -0.15) is 0 Å². The van der Waals surface area contributed by atoms with E-state index in [1.54, 1.807) is 4.90 Å². The van der Waals surface area contributed by atoms with Crippen LogP contribution < -0.4 is 20.4 Å². The number of likely N-dealkylation sites (tertiary alicyclic amines) is 1. The van der Waals surface area contributed by atoms with E-state index < -0.39 is 0 Å². The maximum atomic E-state index is 12.1. The molecule has 1 atom stereocenters. The summed E-state index contributed by atoms with van der Waals surface area (Å²) in [6.07, 6.45) is 3.58. The lowest BCUT2D eigenvalue weighted by Gasteiger charge is -2.14. The molecule has 2 rings (SSSR count). The van der Waals surface area contributed by atoms with Gasteiger partial charge < -0.3 is 20.4 Å². The molecule has 1 heterocycles. The van der Waals surface area contributed by atoms with Crippen molar-refractivity contribution in [2.45, 2.75) is 32.7 Å². The normalized spacial score (nSPS) is 15.8. The number of benzene rings is 1. The van der Waals surface area contributed by atoms with Crippen molar-refractivity contribution in [1.29, 1.82) is 0 Å². The zero-order valence-corrected chi connectivity index (χ0v) is 15.5. The van der Waals surface area contributed by atoms with Gasteiger partial charge in [-0.05, 0) is 18.6 Å². The number of quaternary nitrogens is 2. The summed E-state index contributed by atoms with van der Waals surface area (Å²) in [5.41, 5.74) is 2.12. The monoisotopic (exact) mass is 348 g/mol. The van der Waals surface area contributed by atoms with Gasteiger partial charge in [0.25, 0.3) is 11.8 Å². The molecule has 1 fully saturated rings. The molecule has 2 amide bonds. The summed E-state index contributed by atoms with van der Waals surface area (Å²) in [5, 5.41) is 5.74. The SMILES string of the molecule is CCCNC(=O)C[NH+](C)CC(=O)Nc1ccc(C[NH+]2CCCC2)cc1. The lowest BCUT2D eigenvalue weighted by atomic mass is 10.2. The largest absolute Gasteiger partial charge is 0.351 e. The van der Waals surface area contributed by atoms with E-state index in [0.29, 0.717) is 13.1 Å². The topological polar surface area (TPSA) is 67.1 Å². The van der Waals surface area contributed by atoms with Crippen molar-refractivity contribution in [3.8, 4) is 0 Å². The molecule has 0 bridgehead atoms. The lowest BCUT2D eigenvalue weighted by molar-refractivity contribution is -0.901. The molecule has 0 radical (unpaired) electrons. The predicted molar refractivity (Wildman–Crippen MR) is 98.6 cm³/mol. The minimum absolute atomic E-state index is 0.0130. The van der Waals surface area contributed by atoms with Crippen molar-refractivity contribution < 1.29 is 19.4 Å². The molecular weight excluding hydrogens is 316 g/mol. The van der Waals surface area contributed by atoms with Crippen LogP contribution in [0.15, 0.2) is 24.3 Å². The molecule has 1 saturated heterocycles. The van der Waals surface area contributed by atoms with Gasteiger partial charge in [0, 0.05) is 30.6 Å². The van der Waals surface area contributed by atoms with Crippen LogP contribution in [0.2, 0.25) is 0 Å². The molecule has 25 heavy (non-hydrogen) atoms. The highest BCUT2D eigenvalue weighted by Gasteiger charge is 2.16. The summed E-state index contributed by atoms with van der Waals surface area (Å²) in [5.74, 6) is -0.0837. The molecule has 1 aliphatic rings. The average Bonchev–Trinajstić information content (AvgIpc) is 3.07. The molecule has 1 unspecified atom stereocenters. The fourth-order valence-corrected chi connectivity index (χ4v) is 3.19. The summed E-state index contributed by atoms with van der Waals surface area (Å²) >= 11 is 0. The molecule has 6 nitrogen and oxygen atoms in total. The maximum absolute atomic E-state index is 12.1. The van der Waals surface area contributed by atoms with Crippen LogP contribution in [0.1, 0.15) is 31.7 Å². The third-order valence-electron chi connectivity index (χ3n) is 4.50. The van der Waals surface area contributed by atoms with Gasteiger partial charge in [0.2, 0.25) is 0 Å². The van der Waals surface area contributed by atoms with Gasteiger partial charge in [0.15, 0.2) is 13.1 Å². The van der Waals surface area contributed by atoms with Crippen molar-refractivity contribution in [1.82, 2.24) is 5.32 Å². The second kappa shape index (κ2) is 10.2. The minimum Gasteiger partial charge on any atom is -0.351 e. The Kier molecular flexibility index (Phi) is 7.88. The molecule has 6 heteroatoms. The van der Waals surface area contributed by atoms with Crippen molar-refractivity contribution in [2.24, 2.45) is 0 Å². The first-order valence-corrected chi connectivity index (χ1v) is 9.37. The van der Waals surface area contributed by atoms with Crippen molar-refractivity contribution >= 4 is 17.5 Å². The Bertz CT molecular complexity index is 553. The Morgan fingerprint density at radius 1 is 1.08 bits per heavy atom. The first-order valence-electron chi connectivity index (χ1n) is 9.37. The van der Waals surface area contributed by atoms with E-state index in [9.17, 15) is 9.59 Å². The average molecular weight is 348 g/mol. The Morgan fingerprint density at radius 3 is 2.36 bits per heavy atom. The summed E-state index contributed by atoms with van der Waals surface area (Å²) in [4.78, 5) is 26.3. The van der Waals surface area contributed by atoms with Crippen LogP contribution in [-0.2, 0) is 16.1 Å². The number of amides is 2. The fraction of sp³-hybridized carbons (Fsp3) is 0.579. The van der Waals surface area contributed by atoms with Crippen LogP contribution in [0, 0.1) is 0 Å². The lowest BCUT2D eigenvalue weighted by Crippen LogP contribution is -3.11. The van der Waals surface area contributed by atoms with Crippen LogP contribution in [0.5, 0.6) is 0 Å². The van der Waals surface area contributed by atoms with Crippen LogP contribution in [-0.4, -0.2) is 51.6 Å². The van der Waals surface area contributed by atoms with E-state index in [1.807, 2.05) is 26.1 Å². The molecule has 4 N–H and O–H groups in total. The first kappa shape index (κ1) is 19.4. The summed E-state index contributed by atoms with van der Waals surface area (Å²) < 4.78 is 0. The van der Waals surface area contributed by atoms with E-state index in [4.69, 9.17) is 0 Å². The van der Waals surface area contributed by atoms with Crippen molar-refractivity contribution in [3.63, 3.8) is 0 Å². The maximum Gasteiger partial charge on any atom is 0.279 e. The second-order valence-corrected chi connectivity index (χ2v) is 7.04. The predicted octanol–water partition coefficient (Wildman–Crippen LogP) is -1.16. The van der Waals surface area contributed by atoms with Gasteiger partial charge >= 0.3 is 0 Å². The molecule has 1 aromatic carbocycles. The third kappa shape index (κ3) is 7.23. The third-order valence-corrected chi connectivity index (χ3v) is 4.50. The molecule has 0 saturated carbocycles. The quantitative estimate of drug-likeness (QED) is 0.455. The molecular formula is C19H32N4O2+2. The molecule has 1 aliphatic heterocycles. The number of likely N-dealkylation sites (N-methyl/N-ethyl adjacent to an activating group) is 1. The summed E-state index contributed by atoms with van der Waals surface area (Å²) in [6.45, 7) is 6.88. The smallest absolute Gasteiger partial charge is 0.279 e. The number of nitrogens with one attached hydrogen (secondary N) is 4. The number of carbonyl (C=O) groups excluding carboxylic acids is 2. The number of hydrogen-bond donors (Lipinski definition) is 4. The molecule has 1 aromatic rings. The van der Waals surface area contributed by atoms with Crippen LogP contribution in [0.25, 0.3) is 0 Å². The zero-order chi connectivity index (χ0) is 18.1. The van der Waals surface area contributed by atoms with E-state index in [-0.39, 0.29) is 18.4 Å². The van der Waals surface area contributed by atoms with Crippen LogP contribution >= 0.6 is 0 Å². The van der Waals surface area contributed by atoms with Crippen molar-refractivity contribution in [2.75, 3.05) is 45.1 Å². The highest BCUT2D eigenvalue weighted by Crippen LogP contribution is 2.08. The Morgan fingerprint density at radius 2 is 1.72 bits per heavy atom. The highest BCUT2D eigenvalue weighted by molar-refractivity contribution is 5.91. The fourth-order valence-electron chi connectivity index (χ4n) is 3.19. The second-order valence-electron chi connectivity index (χ2n) is 7.04. The first-order chi connectivity index (χ1) is 12.1. The number of hydrogen-bond acceptors (Lipinski definition) is 2. The summed E-state index contributed by atoms with van der Waals surface area (Å²) in [6, 6.07) is 8.11. The van der Waals surface area contributed by atoms with Gasteiger partial charge in [-0.15, -0.1) is 0 Å². The van der Waals surface area contributed by atoms with Gasteiger partial charge in [-0.25, -0.2) is 0 Å². The van der Waals surface area contributed by atoms with E-state index in [2.05, 4.69) is 22.8 Å². The molecule has 0 aliphatic carbocycles. The van der Waals surface area contributed by atoms with Gasteiger partial charge in [0.1, 0.15) is 6.54 Å². The minimum atomic E-state index is -0.0706. The van der Waals surface area contributed by atoms with Gasteiger partial charge in [-0.3, -0.25) is 9.59 Å². The van der Waals surface area contributed by atoms with Crippen LogP contribution in [0.4, 0.5) is 5.69 Å². The molecule has 0 aromatic heterocycles. The van der Waals surface area contributed by atoms with Gasteiger partial charge in [-0.1, -0.05) is 19.1 Å². The number of anilines is 1. The van der Waals surface area contributed by atoms with E-state index in [0.717, 1.165) is 23.6 Å². The highest BCUT2D eigenvalue weighted by atomic mass is 16.2. The van der Waals surface area contributed by atoms with Gasteiger partial charge in [0.05, 0.1) is 20.1 Å². The molecule has 138 valence electrons. The molecule has 0 spiro atoms. The number of rotatable bonds is 9. The Labute approximate surface area is 150 Å². The Hall–Kier alpha value is -1.92. The van der Waals surface area contributed by atoms with E-state index in [1.165, 1.54) is 31.5 Å². The standard InChI is InChI=1S/C19H30N4O2/c1-3-10-20-18(24)14-22(2)15-19(25)21-17-8-6-16(7-9-17)13-23-11-4-5-12-23/h6-9H,3-5,10-15H2,1-2H3,(H,20,24)(H,21,25)/p+2.